The predicted molar refractivity (Wildman–Crippen MR) is 166 cm³/mol. The van der Waals surface area contributed by atoms with Crippen molar-refractivity contribution < 1.29 is 24.3 Å². The van der Waals surface area contributed by atoms with Crippen molar-refractivity contribution in [2.75, 3.05) is 13.1 Å². The van der Waals surface area contributed by atoms with E-state index in [-0.39, 0.29) is 37.7 Å². The van der Waals surface area contributed by atoms with Crippen LogP contribution in [0.4, 0.5) is 0 Å². The number of aliphatic imine (C=N–C) groups is 1. The smallest absolute Gasteiger partial charge is 0.326 e. The van der Waals surface area contributed by atoms with Crippen molar-refractivity contribution >= 4 is 40.6 Å². The Kier molecular flexibility index (Phi) is 14.4. The van der Waals surface area contributed by atoms with E-state index in [1.54, 1.807) is 6.20 Å². The lowest BCUT2D eigenvalue weighted by Crippen LogP contribution is -2.58. The topological polar surface area (TPSA) is 257 Å². The van der Waals surface area contributed by atoms with Crippen LogP contribution < -0.4 is 38.9 Å². The summed E-state index contributed by atoms with van der Waals surface area (Å²) in [6.07, 6.45) is 4.30. The van der Waals surface area contributed by atoms with E-state index < -0.39 is 47.9 Å². The number of hydrogen-bond acceptors (Lipinski definition) is 7. The molecule has 5 unspecified atom stereocenters. The number of nitrogens with one attached hydrogen (secondary N) is 4. The number of amides is 3. The van der Waals surface area contributed by atoms with Gasteiger partial charge in [-0.3, -0.25) is 19.4 Å². The second kappa shape index (κ2) is 17.7. The van der Waals surface area contributed by atoms with Crippen molar-refractivity contribution in [2.24, 2.45) is 33.8 Å². The van der Waals surface area contributed by atoms with Crippen molar-refractivity contribution in [3.63, 3.8) is 0 Å². The van der Waals surface area contributed by atoms with Gasteiger partial charge in [0.1, 0.15) is 18.1 Å². The molecule has 2 aromatic rings. The number of carbonyl (C=O) groups excluding carboxylic acids is 3. The zero-order valence-electron chi connectivity index (χ0n) is 25.0. The van der Waals surface area contributed by atoms with Crippen LogP contribution in [-0.2, 0) is 25.6 Å². The average molecular weight is 602 g/mol. The fourth-order valence-corrected chi connectivity index (χ4v) is 4.58. The number of carboxylic acids is 1. The average Bonchev–Trinajstić information content (AvgIpc) is 3.39. The first-order chi connectivity index (χ1) is 20.5. The third kappa shape index (κ3) is 11.2. The van der Waals surface area contributed by atoms with Crippen LogP contribution in [0.5, 0.6) is 0 Å². The number of nitrogens with two attached hydrogens (primary N) is 4. The van der Waals surface area contributed by atoms with E-state index in [9.17, 15) is 24.3 Å². The molecule has 0 saturated heterocycles. The molecule has 238 valence electrons. The Morgan fingerprint density at radius 1 is 0.930 bits per heavy atom. The van der Waals surface area contributed by atoms with Gasteiger partial charge in [0.05, 0.1) is 6.04 Å². The number of carbonyl (C=O) groups is 4. The molecule has 14 nitrogen and oxygen atoms in total. The summed E-state index contributed by atoms with van der Waals surface area (Å²) in [4.78, 5) is 59.1. The Morgan fingerprint density at radius 3 is 2.21 bits per heavy atom. The molecule has 1 aromatic carbocycles. The van der Waals surface area contributed by atoms with E-state index in [4.69, 9.17) is 22.9 Å². The summed E-state index contributed by atoms with van der Waals surface area (Å²) in [5.74, 6) is -3.20. The second-order valence-electron chi connectivity index (χ2n) is 10.7. The van der Waals surface area contributed by atoms with E-state index in [1.165, 1.54) is 0 Å². The van der Waals surface area contributed by atoms with Gasteiger partial charge >= 0.3 is 5.97 Å². The Labute approximate surface area is 251 Å². The quantitative estimate of drug-likeness (QED) is 0.0586. The molecule has 43 heavy (non-hydrogen) atoms. The molecular formula is C29H47N9O5. The van der Waals surface area contributed by atoms with Gasteiger partial charge in [0.25, 0.3) is 0 Å². The minimum Gasteiger partial charge on any atom is -0.480 e. The zero-order valence-corrected chi connectivity index (χ0v) is 25.0. The molecule has 0 aliphatic rings. The molecule has 2 rings (SSSR count). The number of fused-ring (bicyclic) bond motifs is 1. The molecule has 0 fully saturated rings. The van der Waals surface area contributed by atoms with Crippen LogP contribution in [0.3, 0.4) is 0 Å². The van der Waals surface area contributed by atoms with Gasteiger partial charge < -0.3 is 49.0 Å². The van der Waals surface area contributed by atoms with E-state index >= 15 is 0 Å². The fourth-order valence-electron chi connectivity index (χ4n) is 4.58. The number of aliphatic carboxylic acids is 1. The maximum atomic E-state index is 13.6. The molecule has 13 N–H and O–H groups in total. The lowest BCUT2D eigenvalue weighted by molar-refractivity contribution is -0.142. The van der Waals surface area contributed by atoms with Gasteiger partial charge in [-0.25, -0.2) is 4.79 Å². The van der Waals surface area contributed by atoms with Crippen LogP contribution >= 0.6 is 0 Å². The van der Waals surface area contributed by atoms with Gasteiger partial charge in [0.15, 0.2) is 5.96 Å². The number of para-hydroxylation sites is 1. The Balaban J connectivity index is 2.33. The van der Waals surface area contributed by atoms with Gasteiger partial charge in [-0.15, -0.1) is 0 Å². The number of guanidine groups is 1. The third-order valence-corrected chi connectivity index (χ3v) is 7.43. The molecule has 0 radical (unpaired) electrons. The number of aromatic amines is 1. The van der Waals surface area contributed by atoms with Crippen LogP contribution in [0.15, 0.2) is 35.5 Å². The fraction of sp³-hybridized carbons (Fsp3) is 0.552. The predicted octanol–water partition coefficient (Wildman–Crippen LogP) is -0.195. The highest BCUT2D eigenvalue weighted by molar-refractivity contribution is 5.95. The molecule has 0 aliphatic heterocycles. The lowest BCUT2D eigenvalue weighted by Gasteiger charge is -2.26. The summed E-state index contributed by atoms with van der Waals surface area (Å²) >= 11 is 0. The van der Waals surface area contributed by atoms with Crippen molar-refractivity contribution in [2.45, 2.75) is 83.0 Å². The number of aromatic nitrogens is 1. The van der Waals surface area contributed by atoms with Crippen LogP contribution in [0.2, 0.25) is 0 Å². The highest BCUT2D eigenvalue weighted by atomic mass is 16.4. The standard InChI is InChI=1S/C29H47N9O5/c1-3-17(2)24(31)27(41)36-21(12-8-14-34-29(32)33)25(39)38-23(15-18-16-35-20-10-5-4-9-19(18)20)26(40)37-22(28(42)43)11-6-7-13-30/h4-5,9-10,16-17,21-24,35H,3,6-8,11-15,30-31H2,1-2H3,(H,36,41)(H,37,40)(H,38,39)(H,42,43)(H4,32,33,34). The van der Waals surface area contributed by atoms with Gasteiger partial charge in [-0.05, 0) is 56.2 Å². The van der Waals surface area contributed by atoms with Crippen molar-refractivity contribution in [3.05, 3.63) is 36.0 Å². The Morgan fingerprint density at radius 2 is 1.56 bits per heavy atom. The second-order valence-corrected chi connectivity index (χ2v) is 10.7. The number of hydrogen-bond donors (Lipinski definition) is 9. The number of nitrogens with zero attached hydrogens (tertiary/aromatic N) is 1. The number of unbranched alkanes of at least 4 members (excludes halogenated alkanes) is 1. The number of H-pyrrole nitrogens is 1. The van der Waals surface area contributed by atoms with Crippen LogP contribution in [0.1, 0.15) is 57.9 Å². The molecule has 1 heterocycles. The molecule has 0 bridgehead atoms. The summed E-state index contributed by atoms with van der Waals surface area (Å²) in [5, 5.41) is 18.6. The van der Waals surface area contributed by atoms with Crippen molar-refractivity contribution in [1.29, 1.82) is 0 Å². The SMILES string of the molecule is CCC(C)C(N)C(=O)NC(CCCN=C(N)N)C(=O)NC(Cc1c[nH]c2ccccc12)C(=O)NC(CCCCN)C(=O)O. The van der Waals surface area contributed by atoms with Gasteiger partial charge in [0.2, 0.25) is 17.7 Å². The van der Waals surface area contributed by atoms with Gasteiger partial charge in [-0.2, -0.15) is 0 Å². The first kappa shape index (κ1) is 35.0. The minimum absolute atomic E-state index is 0.0672. The first-order valence-electron chi connectivity index (χ1n) is 14.7. The third-order valence-electron chi connectivity index (χ3n) is 7.43. The monoisotopic (exact) mass is 601 g/mol. The molecule has 1 aromatic heterocycles. The molecule has 3 amide bonds. The number of carboxylic acid groups (broad SMARTS) is 1. The zero-order chi connectivity index (χ0) is 31.9. The number of rotatable bonds is 19. The number of benzene rings is 1. The van der Waals surface area contributed by atoms with E-state index in [0.717, 1.165) is 16.5 Å². The minimum atomic E-state index is -1.19. The maximum Gasteiger partial charge on any atom is 0.326 e. The summed E-state index contributed by atoms with van der Waals surface area (Å²) in [5.41, 5.74) is 24.1. The largest absolute Gasteiger partial charge is 0.480 e. The van der Waals surface area contributed by atoms with Crippen molar-refractivity contribution in [1.82, 2.24) is 20.9 Å². The summed E-state index contributed by atoms with van der Waals surface area (Å²) in [6.45, 7) is 4.37. The van der Waals surface area contributed by atoms with Crippen LogP contribution in [0.25, 0.3) is 10.9 Å². The summed E-state index contributed by atoms with van der Waals surface area (Å²) in [6, 6.07) is 3.29. The molecule has 0 aliphatic carbocycles. The molecular weight excluding hydrogens is 554 g/mol. The summed E-state index contributed by atoms with van der Waals surface area (Å²) < 4.78 is 0. The van der Waals surface area contributed by atoms with Crippen LogP contribution in [-0.4, -0.2) is 77.0 Å². The lowest BCUT2D eigenvalue weighted by atomic mass is 9.98. The Hall–Kier alpha value is -4.17. The molecule has 5 atom stereocenters. The van der Waals surface area contributed by atoms with Crippen molar-refractivity contribution in [3.8, 4) is 0 Å². The highest BCUT2D eigenvalue weighted by Crippen LogP contribution is 2.19. The van der Waals surface area contributed by atoms with Crippen LogP contribution in [0, 0.1) is 5.92 Å². The first-order valence-corrected chi connectivity index (χ1v) is 14.7. The van der Waals surface area contributed by atoms with Gasteiger partial charge in [0, 0.05) is 30.1 Å². The van der Waals surface area contributed by atoms with E-state index in [0.29, 0.717) is 32.2 Å². The molecule has 14 heteroatoms. The molecule has 0 spiro atoms. The maximum absolute atomic E-state index is 13.6. The summed E-state index contributed by atoms with van der Waals surface area (Å²) in [7, 11) is 0. The Bertz CT molecular complexity index is 1240. The van der Waals surface area contributed by atoms with E-state index in [2.05, 4.69) is 25.9 Å². The molecule has 0 saturated carbocycles. The van der Waals surface area contributed by atoms with E-state index in [1.807, 2.05) is 38.1 Å². The van der Waals surface area contributed by atoms with Gasteiger partial charge in [-0.1, -0.05) is 38.5 Å². The normalized spacial score (nSPS) is 14.6. The highest BCUT2D eigenvalue weighted by Gasteiger charge is 2.31.